The Kier molecular flexibility index (Phi) is 17.5. The molecule has 0 saturated carbocycles. The SMILES string of the molecule is CC(C)C[C@H](NC(=O)[C@H](Cc1ccccc1)NC(=O)CNC(=O)[C@@H](NC(=O)[C@@H](N)Cc1ccc(O)cc1)[C@@H](C)O)C(=O)N[C@H](C(=O)O)[C@@H](C)OC(C)(C)C. The third-order valence-electron chi connectivity index (χ3n) is 8.06. The van der Waals surface area contributed by atoms with Gasteiger partial charge in [-0.05, 0) is 76.6 Å². The zero-order valence-electron chi connectivity index (χ0n) is 31.9. The Morgan fingerprint density at radius 1 is 0.722 bits per heavy atom. The molecule has 0 radical (unpaired) electrons. The van der Waals surface area contributed by atoms with Crippen LogP contribution in [0, 0.1) is 5.92 Å². The summed E-state index contributed by atoms with van der Waals surface area (Å²) in [5, 5.41) is 42.1. The molecule has 2 aromatic rings. The molecule has 0 aromatic heterocycles. The summed E-state index contributed by atoms with van der Waals surface area (Å²) in [7, 11) is 0. The van der Waals surface area contributed by atoms with E-state index in [2.05, 4.69) is 26.6 Å². The highest BCUT2D eigenvalue weighted by Crippen LogP contribution is 2.15. The van der Waals surface area contributed by atoms with Crippen LogP contribution in [0.1, 0.15) is 66.0 Å². The van der Waals surface area contributed by atoms with E-state index in [1.807, 2.05) is 13.8 Å². The topological polar surface area (TPSA) is 259 Å². The smallest absolute Gasteiger partial charge is 0.328 e. The quantitative estimate of drug-likeness (QED) is 0.0886. The number of aliphatic hydroxyl groups is 1. The van der Waals surface area contributed by atoms with E-state index in [-0.39, 0.29) is 30.9 Å². The lowest BCUT2D eigenvalue weighted by molar-refractivity contribution is -0.150. The molecule has 10 N–H and O–H groups in total. The van der Waals surface area contributed by atoms with E-state index in [9.17, 15) is 44.1 Å². The molecule has 5 amide bonds. The molecule has 298 valence electrons. The Morgan fingerprint density at radius 3 is 1.81 bits per heavy atom. The summed E-state index contributed by atoms with van der Waals surface area (Å²) in [6, 6.07) is 8.40. The Balaban J connectivity index is 2.16. The van der Waals surface area contributed by atoms with Crippen molar-refractivity contribution in [1.82, 2.24) is 26.6 Å². The van der Waals surface area contributed by atoms with Gasteiger partial charge in [0.2, 0.25) is 29.5 Å². The van der Waals surface area contributed by atoms with Crippen LogP contribution in [0.3, 0.4) is 0 Å². The van der Waals surface area contributed by atoms with Crippen LogP contribution >= 0.6 is 0 Å². The minimum atomic E-state index is -1.47. The first-order chi connectivity index (χ1) is 25.2. The summed E-state index contributed by atoms with van der Waals surface area (Å²) in [4.78, 5) is 78.3. The van der Waals surface area contributed by atoms with Gasteiger partial charge in [0.1, 0.15) is 23.9 Å². The molecule has 0 saturated heterocycles. The molecular formula is C38H56N6O10. The number of aliphatic carboxylic acids is 1. The summed E-state index contributed by atoms with van der Waals surface area (Å²) in [6.45, 7) is 11.1. The van der Waals surface area contributed by atoms with Crippen LogP contribution in [0.5, 0.6) is 5.75 Å². The Hall–Kier alpha value is -5.06. The molecule has 0 unspecified atom stereocenters. The lowest BCUT2D eigenvalue weighted by Crippen LogP contribution is -2.59. The van der Waals surface area contributed by atoms with E-state index >= 15 is 0 Å². The van der Waals surface area contributed by atoms with Gasteiger partial charge in [0.05, 0.1) is 30.4 Å². The van der Waals surface area contributed by atoms with Crippen molar-refractivity contribution in [2.45, 2.75) is 116 Å². The fraction of sp³-hybridized carbons (Fsp3) is 0.526. The van der Waals surface area contributed by atoms with E-state index in [1.54, 1.807) is 63.2 Å². The average Bonchev–Trinajstić information content (AvgIpc) is 3.07. The molecule has 7 atom stereocenters. The van der Waals surface area contributed by atoms with E-state index in [4.69, 9.17) is 10.5 Å². The Labute approximate surface area is 316 Å². The van der Waals surface area contributed by atoms with Gasteiger partial charge in [-0.25, -0.2) is 4.79 Å². The largest absolute Gasteiger partial charge is 0.508 e. The standard InChI is InChI=1S/C38H56N6O10/c1-21(2)17-28(35(50)44-32(37(52)53)23(4)54-38(5,6)7)42-34(49)29(19-24-11-9-8-10-12-24)41-30(47)20-40-36(51)31(22(3)45)43-33(48)27(39)18-25-13-15-26(46)16-14-25/h8-16,21-23,27-29,31-32,45-46H,17-20,39H2,1-7H3,(H,40,51)(H,41,47)(H,42,49)(H,43,48)(H,44,50)(H,52,53)/t22-,23-,27+,28+,29+,31+,32+/m1/s1. The molecule has 16 nitrogen and oxygen atoms in total. The van der Waals surface area contributed by atoms with Gasteiger partial charge in [0.15, 0.2) is 6.04 Å². The van der Waals surface area contributed by atoms with Crippen molar-refractivity contribution in [3.8, 4) is 5.75 Å². The molecule has 2 rings (SSSR count). The summed E-state index contributed by atoms with van der Waals surface area (Å²) in [5.74, 6) is -5.28. The fourth-order valence-corrected chi connectivity index (χ4v) is 5.46. The fourth-order valence-electron chi connectivity index (χ4n) is 5.46. The number of phenolic OH excluding ortho intramolecular Hbond substituents is 1. The third kappa shape index (κ3) is 15.9. The predicted molar refractivity (Wildman–Crippen MR) is 200 cm³/mol. The van der Waals surface area contributed by atoms with Gasteiger partial charge in [0.25, 0.3) is 0 Å². The van der Waals surface area contributed by atoms with Gasteiger partial charge in [-0.15, -0.1) is 0 Å². The molecule has 0 bridgehead atoms. The normalized spacial score (nSPS) is 15.4. The summed E-state index contributed by atoms with van der Waals surface area (Å²) < 4.78 is 5.77. The number of nitrogens with two attached hydrogens (primary N) is 1. The zero-order valence-corrected chi connectivity index (χ0v) is 31.9. The zero-order chi connectivity index (χ0) is 40.7. The van der Waals surface area contributed by atoms with Gasteiger partial charge in [-0.1, -0.05) is 56.3 Å². The monoisotopic (exact) mass is 756 g/mol. The van der Waals surface area contributed by atoms with Gasteiger partial charge < -0.3 is 52.4 Å². The number of nitrogens with one attached hydrogen (secondary N) is 5. The number of carboxylic acid groups (broad SMARTS) is 1. The van der Waals surface area contributed by atoms with Crippen LogP contribution in [0.15, 0.2) is 54.6 Å². The van der Waals surface area contributed by atoms with E-state index in [0.717, 1.165) is 0 Å². The van der Waals surface area contributed by atoms with Gasteiger partial charge >= 0.3 is 5.97 Å². The van der Waals surface area contributed by atoms with Crippen molar-refractivity contribution in [2.24, 2.45) is 11.7 Å². The van der Waals surface area contributed by atoms with Crippen LogP contribution in [0.25, 0.3) is 0 Å². The first-order valence-electron chi connectivity index (χ1n) is 17.8. The van der Waals surface area contributed by atoms with Gasteiger partial charge in [-0.2, -0.15) is 0 Å². The number of ether oxygens (including phenoxy) is 1. The number of amides is 5. The maximum atomic E-state index is 13.8. The predicted octanol–water partition coefficient (Wildman–Crippen LogP) is 0.275. The van der Waals surface area contributed by atoms with Crippen molar-refractivity contribution in [3.05, 3.63) is 65.7 Å². The minimum absolute atomic E-state index is 0.00185. The lowest BCUT2D eigenvalue weighted by Gasteiger charge is -2.31. The van der Waals surface area contributed by atoms with Crippen molar-refractivity contribution in [2.75, 3.05) is 6.54 Å². The molecule has 0 spiro atoms. The van der Waals surface area contributed by atoms with Crippen LogP contribution in [-0.2, 0) is 46.3 Å². The highest BCUT2D eigenvalue weighted by Gasteiger charge is 2.35. The van der Waals surface area contributed by atoms with Crippen molar-refractivity contribution in [1.29, 1.82) is 0 Å². The first-order valence-corrected chi connectivity index (χ1v) is 17.8. The second-order valence-electron chi connectivity index (χ2n) is 14.7. The summed E-state index contributed by atoms with van der Waals surface area (Å²) in [5.41, 5.74) is 6.64. The third-order valence-corrected chi connectivity index (χ3v) is 8.06. The molecule has 0 fully saturated rings. The number of hydrogen-bond donors (Lipinski definition) is 9. The maximum absolute atomic E-state index is 13.8. The molecular weight excluding hydrogens is 700 g/mol. The number of aromatic hydroxyl groups is 1. The van der Waals surface area contributed by atoms with Crippen molar-refractivity contribution >= 4 is 35.5 Å². The van der Waals surface area contributed by atoms with Crippen LogP contribution in [-0.4, -0.2) is 105 Å². The number of phenols is 1. The molecule has 0 aliphatic rings. The molecule has 16 heteroatoms. The van der Waals surface area contributed by atoms with Crippen LogP contribution in [0.4, 0.5) is 0 Å². The number of hydrogen-bond acceptors (Lipinski definition) is 10. The molecule has 0 heterocycles. The Morgan fingerprint density at radius 2 is 1.28 bits per heavy atom. The minimum Gasteiger partial charge on any atom is -0.508 e. The number of carbonyl (C=O) groups is 6. The van der Waals surface area contributed by atoms with Crippen molar-refractivity contribution < 1.29 is 48.8 Å². The lowest BCUT2D eigenvalue weighted by atomic mass is 10.0. The van der Waals surface area contributed by atoms with Crippen LogP contribution in [0.2, 0.25) is 0 Å². The summed E-state index contributed by atoms with van der Waals surface area (Å²) >= 11 is 0. The highest BCUT2D eigenvalue weighted by molar-refractivity contribution is 5.95. The first kappa shape index (κ1) is 45.1. The average molecular weight is 757 g/mol. The molecule has 0 aliphatic heterocycles. The van der Waals surface area contributed by atoms with Crippen molar-refractivity contribution in [3.63, 3.8) is 0 Å². The van der Waals surface area contributed by atoms with E-state index < -0.39 is 90.1 Å². The van der Waals surface area contributed by atoms with Crippen LogP contribution < -0.4 is 32.3 Å². The summed E-state index contributed by atoms with van der Waals surface area (Å²) in [6.07, 6.45) is -2.06. The van der Waals surface area contributed by atoms with Gasteiger partial charge in [-0.3, -0.25) is 24.0 Å². The Bertz CT molecular complexity index is 1560. The number of aliphatic hydroxyl groups excluding tert-OH is 1. The number of carbonyl (C=O) groups excluding carboxylic acids is 5. The number of benzene rings is 2. The highest BCUT2D eigenvalue weighted by atomic mass is 16.5. The second-order valence-corrected chi connectivity index (χ2v) is 14.7. The maximum Gasteiger partial charge on any atom is 0.328 e. The molecule has 54 heavy (non-hydrogen) atoms. The van der Waals surface area contributed by atoms with Gasteiger partial charge in [0, 0.05) is 6.42 Å². The van der Waals surface area contributed by atoms with E-state index in [0.29, 0.717) is 11.1 Å². The number of rotatable bonds is 20. The second kappa shape index (κ2) is 21.0. The molecule has 2 aromatic carbocycles. The van der Waals surface area contributed by atoms with E-state index in [1.165, 1.54) is 26.0 Å². The molecule has 0 aliphatic carbocycles. The number of carboxylic acids is 1.